The number of hydrogen-bond acceptors (Lipinski definition) is 4. The minimum absolute atomic E-state index is 0.100. The van der Waals surface area contributed by atoms with Gasteiger partial charge in [0, 0.05) is 10.3 Å². The van der Waals surface area contributed by atoms with Crippen LogP contribution in [0.5, 0.6) is 0 Å². The second-order valence-corrected chi connectivity index (χ2v) is 4.36. The smallest absolute Gasteiger partial charge is 0.261 e. The van der Waals surface area contributed by atoms with Crippen molar-refractivity contribution >= 4 is 29.9 Å². The number of nitrogens with one attached hydrogen (secondary N) is 1. The van der Waals surface area contributed by atoms with Crippen LogP contribution in [0.25, 0.3) is 0 Å². The zero-order valence-electron chi connectivity index (χ0n) is 7.77. The molecule has 2 aromatic rings. The lowest BCUT2D eigenvalue weighted by Crippen LogP contribution is -2.21. The Morgan fingerprint density at radius 3 is 3.07 bits per heavy atom. The van der Waals surface area contributed by atoms with Crippen molar-refractivity contribution in [2.45, 2.75) is 11.4 Å². The molecule has 2 heterocycles. The largest absolute Gasteiger partial charge is 0.467 e. The zero-order chi connectivity index (χ0) is 10.7. The Kier molecular flexibility index (Phi) is 3.13. The highest BCUT2D eigenvalue weighted by molar-refractivity contribution is 7.80. The van der Waals surface area contributed by atoms with Gasteiger partial charge in [0.15, 0.2) is 0 Å². The van der Waals surface area contributed by atoms with Gasteiger partial charge in [-0.05, 0) is 18.2 Å². The molecule has 0 radical (unpaired) electrons. The highest BCUT2D eigenvalue weighted by Gasteiger charge is 2.07. The van der Waals surface area contributed by atoms with Gasteiger partial charge in [-0.15, -0.1) is 24.0 Å². The van der Waals surface area contributed by atoms with Gasteiger partial charge in [0.25, 0.3) is 5.91 Å². The third-order valence-corrected chi connectivity index (χ3v) is 3.17. The van der Waals surface area contributed by atoms with E-state index in [4.69, 9.17) is 4.42 Å². The Hall–Kier alpha value is -1.20. The fourth-order valence-electron chi connectivity index (χ4n) is 1.11. The maximum atomic E-state index is 11.6. The van der Waals surface area contributed by atoms with Gasteiger partial charge in [-0.3, -0.25) is 4.79 Å². The van der Waals surface area contributed by atoms with E-state index in [9.17, 15) is 4.79 Å². The van der Waals surface area contributed by atoms with E-state index in [1.807, 2.05) is 11.4 Å². The maximum Gasteiger partial charge on any atom is 0.261 e. The average molecular weight is 239 g/mol. The number of carbonyl (C=O) groups excluding carboxylic acids is 1. The van der Waals surface area contributed by atoms with Gasteiger partial charge in [-0.1, -0.05) is 0 Å². The van der Waals surface area contributed by atoms with Crippen LogP contribution in [0.2, 0.25) is 0 Å². The molecule has 0 spiro atoms. The van der Waals surface area contributed by atoms with Crippen LogP contribution in [0.4, 0.5) is 0 Å². The van der Waals surface area contributed by atoms with Crippen molar-refractivity contribution in [3.05, 3.63) is 40.5 Å². The molecular weight excluding hydrogens is 230 g/mol. The van der Waals surface area contributed by atoms with Crippen LogP contribution < -0.4 is 5.32 Å². The van der Waals surface area contributed by atoms with E-state index in [2.05, 4.69) is 17.9 Å². The Bertz CT molecular complexity index is 448. The molecule has 78 valence electrons. The van der Waals surface area contributed by atoms with Gasteiger partial charge in [0.1, 0.15) is 5.76 Å². The van der Waals surface area contributed by atoms with Crippen molar-refractivity contribution in [2.24, 2.45) is 0 Å². The lowest BCUT2D eigenvalue weighted by molar-refractivity contribution is 0.0952. The van der Waals surface area contributed by atoms with E-state index < -0.39 is 0 Å². The molecule has 2 aromatic heterocycles. The Morgan fingerprint density at radius 2 is 2.47 bits per heavy atom. The molecule has 0 aromatic carbocycles. The van der Waals surface area contributed by atoms with Gasteiger partial charge in [-0.2, -0.15) is 0 Å². The first-order valence-electron chi connectivity index (χ1n) is 4.34. The topological polar surface area (TPSA) is 42.2 Å². The first kappa shape index (κ1) is 10.3. The lowest BCUT2D eigenvalue weighted by Gasteiger charge is -1.99. The molecule has 0 saturated carbocycles. The second-order valence-electron chi connectivity index (χ2n) is 2.93. The van der Waals surface area contributed by atoms with Crippen molar-refractivity contribution in [2.75, 3.05) is 0 Å². The van der Waals surface area contributed by atoms with Crippen LogP contribution in [-0.2, 0) is 6.54 Å². The maximum absolute atomic E-state index is 11.6. The summed E-state index contributed by atoms with van der Waals surface area (Å²) in [6, 6.07) is 5.35. The number of rotatable bonds is 3. The van der Waals surface area contributed by atoms with Crippen LogP contribution in [0.15, 0.2) is 39.2 Å². The quantitative estimate of drug-likeness (QED) is 0.808. The molecule has 0 unspecified atom stereocenters. The predicted molar refractivity (Wildman–Crippen MR) is 61.4 cm³/mol. The summed E-state index contributed by atoms with van der Waals surface area (Å²) in [5.41, 5.74) is 0. The number of thiol groups is 1. The third kappa shape index (κ3) is 2.64. The molecule has 0 saturated heterocycles. The number of furan rings is 1. The standard InChI is InChI=1S/C10H9NO2S2/c12-10(9-4-8(14)6-15-9)11-5-7-2-1-3-13-7/h1-4,6,14H,5H2,(H,11,12). The molecule has 1 amide bonds. The Morgan fingerprint density at radius 1 is 1.60 bits per heavy atom. The van der Waals surface area contributed by atoms with E-state index in [0.29, 0.717) is 11.4 Å². The van der Waals surface area contributed by atoms with Crippen LogP contribution in [0.3, 0.4) is 0 Å². The molecule has 0 aliphatic carbocycles. The lowest BCUT2D eigenvalue weighted by atomic mass is 10.4. The molecule has 3 nitrogen and oxygen atoms in total. The van der Waals surface area contributed by atoms with Crippen LogP contribution in [0.1, 0.15) is 15.4 Å². The molecular formula is C10H9NO2S2. The van der Waals surface area contributed by atoms with Crippen molar-refractivity contribution in [1.29, 1.82) is 0 Å². The van der Waals surface area contributed by atoms with Gasteiger partial charge >= 0.3 is 0 Å². The fourth-order valence-corrected chi connectivity index (χ4v) is 2.18. The van der Waals surface area contributed by atoms with E-state index in [1.54, 1.807) is 18.4 Å². The van der Waals surface area contributed by atoms with Gasteiger partial charge < -0.3 is 9.73 Å². The Labute approximate surface area is 96.5 Å². The summed E-state index contributed by atoms with van der Waals surface area (Å²) in [5, 5.41) is 4.58. The van der Waals surface area contributed by atoms with Crippen molar-refractivity contribution in [3.63, 3.8) is 0 Å². The summed E-state index contributed by atoms with van der Waals surface area (Å²) < 4.78 is 5.10. The Balaban J connectivity index is 1.93. The monoisotopic (exact) mass is 239 g/mol. The molecule has 0 aliphatic heterocycles. The first-order chi connectivity index (χ1) is 7.25. The van der Waals surface area contributed by atoms with Crippen LogP contribution >= 0.6 is 24.0 Å². The molecule has 2 rings (SSSR count). The summed E-state index contributed by atoms with van der Waals surface area (Å²) in [7, 11) is 0. The van der Waals surface area contributed by atoms with Gasteiger partial charge in [0.05, 0.1) is 17.7 Å². The third-order valence-electron chi connectivity index (χ3n) is 1.81. The molecule has 0 bridgehead atoms. The summed E-state index contributed by atoms with van der Waals surface area (Å²) in [4.78, 5) is 13.0. The molecule has 0 atom stereocenters. The molecule has 1 N–H and O–H groups in total. The summed E-state index contributed by atoms with van der Waals surface area (Å²) in [6.07, 6.45) is 1.58. The van der Waals surface area contributed by atoms with Crippen molar-refractivity contribution in [3.8, 4) is 0 Å². The summed E-state index contributed by atoms with van der Waals surface area (Å²) in [5.74, 6) is 0.641. The van der Waals surface area contributed by atoms with E-state index in [0.717, 1.165) is 10.7 Å². The van der Waals surface area contributed by atoms with Gasteiger partial charge in [0.2, 0.25) is 0 Å². The first-order valence-corrected chi connectivity index (χ1v) is 5.66. The predicted octanol–water partition coefficient (Wildman–Crippen LogP) is 2.56. The minimum atomic E-state index is -0.100. The summed E-state index contributed by atoms with van der Waals surface area (Å²) in [6.45, 7) is 0.408. The fraction of sp³-hybridized carbons (Fsp3) is 0.100. The number of hydrogen-bond donors (Lipinski definition) is 2. The van der Waals surface area contributed by atoms with Gasteiger partial charge in [-0.25, -0.2) is 0 Å². The minimum Gasteiger partial charge on any atom is -0.467 e. The summed E-state index contributed by atoms with van der Waals surface area (Å²) >= 11 is 5.52. The highest BCUT2D eigenvalue weighted by atomic mass is 32.1. The SMILES string of the molecule is O=C(NCc1ccco1)c1cc(S)cs1. The van der Waals surface area contributed by atoms with Crippen LogP contribution in [0, 0.1) is 0 Å². The molecule has 5 heteroatoms. The van der Waals surface area contributed by atoms with Crippen molar-refractivity contribution < 1.29 is 9.21 Å². The molecule has 15 heavy (non-hydrogen) atoms. The molecule has 0 aliphatic rings. The molecule has 0 fully saturated rings. The normalized spacial score (nSPS) is 10.2. The second kappa shape index (κ2) is 4.55. The number of amides is 1. The van der Waals surface area contributed by atoms with E-state index in [-0.39, 0.29) is 5.91 Å². The zero-order valence-corrected chi connectivity index (χ0v) is 9.48. The van der Waals surface area contributed by atoms with Crippen molar-refractivity contribution in [1.82, 2.24) is 5.32 Å². The average Bonchev–Trinajstić information content (AvgIpc) is 2.84. The van der Waals surface area contributed by atoms with E-state index >= 15 is 0 Å². The number of thiophene rings is 1. The van der Waals surface area contributed by atoms with E-state index in [1.165, 1.54) is 11.3 Å². The van der Waals surface area contributed by atoms with Crippen LogP contribution in [-0.4, -0.2) is 5.91 Å². The number of carbonyl (C=O) groups is 1. The highest BCUT2D eigenvalue weighted by Crippen LogP contribution is 2.17.